The molecular weight excluding hydrogens is 332 g/mol. The van der Waals surface area contributed by atoms with E-state index in [1.54, 1.807) is 12.1 Å². The molecular formula is C20H22N2O2S. The third-order valence-corrected chi connectivity index (χ3v) is 5.16. The van der Waals surface area contributed by atoms with E-state index in [0.717, 1.165) is 17.7 Å². The molecule has 1 unspecified atom stereocenters. The van der Waals surface area contributed by atoms with Crippen molar-refractivity contribution in [3.8, 4) is 0 Å². The van der Waals surface area contributed by atoms with Crippen LogP contribution in [-0.2, 0) is 4.79 Å². The Bertz CT molecular complexity index is 770. The largest absolute Gasteiger partial charge is 0.349 e. The number of anilines is 1. The lowest BCUT2D eigenvalue weighted by molar-refractivity contribution is -0.115. The maximum Gasteiger partial charge on any atom is 0.253 e. The number of para-hydroxylation sites is 1. The fourth-order valence-electron chi connectivity index (χ4n) is 2.39. The Kier molecular flexibility index (Phi) is 5.43. The fraction of sp³-hybridized carbons (Fsp3) is 0.300. The van der Waals surface area contributed by atoms with E-state index in [0.29, 0.717) is 11.3 Å². The van der Waals surface area contributed by atoms with Gasteiger partial charge in [-0.15, -0.1) is 11.8 Å². The summed E-state index contributed by atoms with van der Waals surface area (Å²) >= 11 is 1.50. The molecule has 0 bridgehead atoms. The SMILES string of the molecule is Cc1ccc(SC(C)C(=O)Nc2ccccc2C(=O)NC2CC2)cc1. The molecule has 1 saturated carbocycles. The van der Waals surface area contributed by atoms with E-state index in [9.17, 15) is 9.59 Å². The van der Waals surface area contributed by atoms with Crippen LogP contribution in [0.2, 0.25) is 0 Å². The molecule has 0 saturated heterocycles. The van der Waals surface area contributed by atoms with Crippen LogP contribution in [0.25, 0.3) is 0 Å². The summed E-state index contributed by atoms with van der Waals surface area (Å²) in [7, 11) is 0. The number of rotatable bonds is 6. The van der Waals surface area contributed by atoms with E-state index in [1.807, 2.05) is 50.2 Å². The van der Waals surface area contributed by atoms with Gasteiger partial charge >= 0.3 is 0 Å². The molecule has 1 aliphatic carbocycles. The molecule has 1 atom stereocenters. The minimum atomic E-state index is -0.262. The van der Waals surface area contributed by atoms with Crippen LogP contribution in [0.1, 0.15) is 35.7 Å². The first-order chi connectivity index (χ1) is 12.0. The average molecular weight is 354 g/mol. The number of thioether (sulfide) groups is 1. The van der Waals surface area contributed by atoms with Crippen molar-refractivity contribution in [2.24, 2.45) is 0 Å². The molecule has 4 nitrogen and oxygen atoms in total. The maximum absolute atomic E-state index is 12.5. The number of hydrogen-bond donors (Lipinski definition) is 2. The lowest BCUT2D eigenvalue weighted by Crippen LogP contribution is -2.28. The van der Waals surface area contributed by atoms with Crippen molar-refractivity contribution in [1.29, 1.82) is 0 Å². The van der Waals surface area contributed by atoms with Gasteiger partial charge in [0.1, 0.15) is 0 Å². The number of carbonyl (C=O) groups excluding carboxylic acids is 2. The number of hydrogen-bond acceptors (Lipinski definition) is 3. The lowest BCUT2D eigenvalue weighted by Gasteiger charge is -2.15. The molecule has 2 aromatic rings. The van der Waals surface area contributed by atoms with E-state index in [1.165, 1.54) is 17.3 Å². The maximum atomic E-state index is 12.5. The molecule has 5 heteroatoms. The Morgan fingerprint density at radius 2 is 1.76 bits per heavy atom. The Morgan fingerprint density at radius 1 is 1.08 bits per heavy atom. The van der Waals surface area contributed by atoms with Crippen LogP contribution in [0.3, 0.4) is 0 Å². The van der Waals surface area contributed by atoms with Gasteiger partial charge in [0, 0.05) is 10.9 Å². The van der Waals surface area contributed by atoms with Crippen LogP contribution >= 0.6 is 11.8 Å². The minimum absolute atomic E-state index is 0.114. The second kappa shape index (κ2) is 7.74. The molecule has 0 aliphatic heterocycles. The van der Waals surface area contributed by atoms with Gasteiger partial charge in [-0.25, -0.2) is 0 Å². The first-order valence-corrected chi connectivity index (χ1v) is 9.35. The first-order valence-electron chi connectivity index (χ1n) is 8.47. The molecule has 1 fully saturated rings. The Balaban J connectivity index is 1.65. The summed E-state index contributed by atoms with van der Waals surface area (Å²) in [5, 5.41) is 5.60. The van der Waals surface area contributed by atoms with Crippen molar-refractivity contribution in [2.45, 2.75) is 42.9 Å². The Morgan fingerprint density at radius 3 is 2.44 bits per heavy atom. The highest BCUT2D eigenvalue weighted by molar-refractivity contribution is 8.00. The normalized spacial score (nSPS) is 14.6. The Hall–Kier alpha value is -2.27. The van der Waals surface area contributed by atoms with Crippen LogP contribution in [0, 0.1) is 6.92 Å². The van der Waals surface area contributed by atoms with E-state index in [-0.39, 0.29) is 23.1 Å². The monoisotopic (exact) mass is 354 g/mol. The first kappa shape index (κ1) is 17.5. The molecule has 2 amide bonds. The van der Waals surface area contributed by atoms with E-state index in [4.69, 9.17) is 0 Å². The van der Waals surface area contributed by atoms with Gasteiger partial charge in [-0.3, -0.25) is 9.59 Å². The molecule has 2 N–H and O–H groups in total. The summed E-state index contributed by atoms with van der Waals surface area (Å²) in [6, 6.07) is 15.5. The molecule has 130 valence electrons. The van der Waals surface area contributed by atoms with Gasteiger partial charge in [0.2, 0.25) is 5.91 Å². The van der Waals surface area contributed by atoms with Crippen LogP contribution in [0.5, 0.6) is 0 Å². The highest BCUT2D eigenvalue weighted by Gasteiger charge is 2.25. The van der Waals surface area contributed by atoms with Crippen LogP contribution in [0.4, 0.5) is 5.69 Å². The predicted molar refractivity (Wildman–Crippen MR) is 102 cm³/mol. The summed E-state index contributed by atoms with van der Waals surface area (Å²) in [6.07, 6.45) is 2.06. The average Bonchev–Trinajstić information content (AvgIpc) is 3.41. The summed E-state index contributed by atoms with van der Waals surface area (Å²) in [4.78, 5) is 25.9. The molecule has 1 aliphatic rings. The zero-order valence-corrected chi connectivity index (χ0v) is 15.2. The fourth-order valence-corrected chi connectivity index (χ4v) is 3.26. The summed E-state index contributed by atoms with van der Waals surface area (Å²) < 4.78 is 0. The van der Waals surface area contributed by atoms with Crippen LogP contribution < -0.4 is 10.6 Å². The number of aryl methyl sites for hydroxylation is 1. The highest BCUT2D eigenvalue weighted by Crippen LogP contribution is 2.26. The van der Waals surface area contributed by atoms with Crippen molar-refractivity contribution in [3.63, 3.8) is 0 Å². The third kappa shape index (κ3) is 4.86. The molecule has 0 spiro atoms. The zero-order chi connectivity index (χ0) is 17.8. The third-order valence-electron chi connectivity index (χ3n) is 4.05. The number of nitrogens with one attached hydrogen (secondary N) is 2. The van der Waals surface area contributed by atoms with Gasteiger partial charge in [-0.05, 0) is 51.0 Å². The molecule has 2 aromatic carbocycles. The molecule has 25 heavy (non-hydrogen) atoms. The van der Waals surface area contributed by atoms with E-state index in [2.05, 4.69) is 10.6 Å². The topological polar surface area (TPSA) is 58.2 Å². The van der Waals surface area contributed by atoms with Gasteiger partial charge in [0.05, 0.1) is 16.5 Å². The summed E-state index contributed by atoms with van der Waals surface area (Å²) in [6.45, 7) is 3.90. The van der Waals surface area contributed by atoms with Crippen molar-refractivity contribution >= 4 is 29.3 Å². The highest BCUT2D eigenvalue weighted by atomic mass is 32.2. The van der Waals surface area contributed by atoms with Gasteiger partial charge in [-0.2, -0.15) is 0 Å². The molecule has 3 rings (SSSR count). The molecule has 0 aromatic heterocycles. The lowest BCUT2D eigenvalue weighted by atomic mass is 10.1. The second-order valence-corrected chi connectivity index (χ2v) is 7.77. The smallest absolute Gasteiger partial charge is 0.253 e. The standard InChI is InChI=1S/C20H22N2O2S/c1-13-7-11-16(12-8-13)25-14(2)19(23)22-18-6-4-3-5-17(18)20(24)21-15-9-10-15/h3-8,11-12,14-15H,9-10H2,1-2H3,(H,21,24)(H,22,23). The quantitative estimate of drug-likeness (QED) is 0.771. The Labute approximate surface area is 152 Å². The molecule has 0 radical (unpaired) electrons. The molecule has 0 heterocycles. The van der Waals surface area contributed by atoms with Crippen molar-refractivity contribution in [3.05, 3.63) is 59.7 Å². The van der Waals surface area contributed by atoms with Crippen LogP contribution in [0.15, 0.2) is 53.4 Å². The van der Waals surface area contributed by atoms with Gasteiger partial charge in [-0.1, -0.05) is 29.8 Å². The minimum Gasteiger partial charge on any atom is -0.349 e. The van der Waals surface area contributed by atoms with Crippen LogP contribution in [-0.4, -0.2) is 23.1 Å². The summed E-state index contributed by atoms with van der Waals surface area (Å²) in [5.41, 5.74) is 2.26. The number of amides is 2. The van der Waals surface area contributed by atoms with Gasteiger partial charge in [0.25, 0.3) is 5.91 Å². The summed E-state index contributed by atoms with van der Waals surface area (Å²) in [5.74, 6) is -0.241. The van der Waals surface area contributed by atoms with Crippen molar-refractivity contribution < 1.29 is 9.59 Å². The number of carbonyl (C=O) groups is 2. The predicted octanol–water partition coefficient (Wildman–Crippen LogP) is 4.01. The second-order valence-electron chi connectivity index (χ2n) is 6.36. The number of benzene rings is 2. The van der Waals surface area contributed by atoms with Crippen molar-refractivity contribution in [2.75, 3.05) is 5.32 Å². The zero-order valence-electron chi connectivity index (χ0n) is 14.4. The van der Waals surface area contributed by atoms with Gasteiger partial charge in [0.15, 0.2) is 0 Å². The van der Waals surface area contributed by atoms with Gasteiger partial charge < -0.3 is 10.6 Å². The van der Waals surface area contributed by atoms with Crippen molar-refractivity contribution in [1.82, 2.24) is 5.32 Å². The van der Waals surface area contributed by atoms with E-state index >= 15 is 0 Å². The van der Waals surface area contributed by atoms with E-state index < -0.39 is 0 Å².